The zero-order chi connectivity index (χ0) is 22.8. The van der Waals surface area contributed by atoms with Gasteiger partial charge in [0.2, 0.25) is 0 Å². The van der Waals surface area contributed by atoms with Crippen LogP contribution >= 0.6 is 11.6 Å². The number of hydrogen-bond acceptors (Lipinski definition) is 3. The molecule has 1 aromatic heterocycles. The maximum atomic E-state index is 13.6. The summed E-state index contributed by atoms with van der Waals surface area (Å²) in [5, 5.41) is 15.8. The Bertz CT molecular complexity index is 1110. The highest BCUT2D eigenvalue weighted by Crippen LogP contribution is 2.34. The number of alkyl halides is 3. The number of halogens is 4. The van der Waals surface area contributed by atoms with E-state index >= 15 is 0 Å². The van der Waals surface area contributed by atoms with Crippen LogP contribution in [0.4, 0.5) is 13.2 Å². The van der Waals surface area contributed by atoms with E-state index in [0.717, 1.165) is 7.05 Å². The van der Waals surface area contributed by atoms with Gasteiger partial charge >= 0.3 is 12.1 Å². The van der Waals surface area contributed by atoms with Crippen molar-refractivity contribution in [1.82, 2.24) is 15.1 Å². The Morgan fingerprint density at radius 2 is 1.65 bits per heavy atom. The highest BCUT2D eigenvalue weighted by atomic mass is 35.5. The predicted octanol–water partition coefficient (Wildman–Crippen LogP) is 4.31. The molecule has 0 saturated heterocycles. The number of nitrogens with zero attached hydrogens (tertiary/aromatic N) is 2. The summed E-state index contributed by atoms with van der Waals surface area (Å²) in [6.45, 7) is -0.0781. The fourth-order valence-electron chi connectivity index (χ4n) is 3.10. The van der Waals surface area contributed by atoms with Crippen molar-refractivity contribution in [2.45, 2.75) is 19.1 Å². The fourth-order valence-corrected chi connectivity index (χ4v) is 3.22. The molecule has 0 bridgehead atoms. The maximum Gasteiger partial charge on any atom is 0.433 e. The molecule has 162 valence electrons. The summed E-state index contributed by atoms with van der Waals surface area (Å²) in [4.78, 5) is 23.7. The molecule has 0 spiro atoms. The lowest BCUT2D eigenvalue weighted by Gasteiger charge is -2.11. The molecule has 3 rings (SSSR count). The molecule has 0 aliphatic rings. The third-order valence-corrected chi connectivity index (χ3v) is 4.81. The van der Waals surface area contributed by atoms with Crippen molar-refractivity contribution in [2.24, 2.45) is 7.05 Å². The van der Waals surface area contributed by atoms with Gasteiger partial charge in [0.1, 0.15) is 0 Å². The van der Waals surface area contributed by atoms with E-state index in [9.17, 15) is 22.8 Å². The van der Waals surface area contributed by atoms with Crippen LogP contribution in [0, 0.1) is 0 Å². The second-order valence-corrected chi connectivity index (χ2v) is 7.22. The molecular weight excluding hydrogens is 435 g/mol. The molecule has 31 heavy (non-hydrogen) atoms. The summed E-state index contributed by atoms with van der Waals surface area (Å²) in [7, 11) is 1.13. The number of carbonyl (C=O) groups is 2. The van der Waals surface area contributed by atoms with Crippen LogP contribution in [0.2, 0.25) is 5.02 Å². The van der Waals surface area contributed by atoms with Crippen LogP contribution in [0.15, 0.2) is 48.5 Å². The molecule has 0 aliphatic carbocycles. The van der Waals surface area contributed by atoms with E-state index in [1.165, 1.54) is 24.3 Å². The van der Waals surface area contributed by atoms with Crippen LogP contribution in [-0.4, -0.2) is 26.8 Å². The minimum Gasteiger partial charge on any atom is -0.478 e. The second kappa shape index (κ2) is 8.81. The van der Waals surface area contributed by atoms with Gasteiger partial charge in [-0.2, -0.15) is 18.3 Å². The number of hydrogen-bond donors (Lipinski definition) is 2. The molecule has 1 amide bonds. The number of aromatic carboxylic acids is 1. The Morgan fingerprint density at radius 1 is 1.06 bits per heavy atom. The SMILES string of the molecule is Cn1nc(Cc2ccc(Cl)cc2)c(C(=O)NCc2ccc(C(=O)O)cc2)c1C(F)(F)F. The summed E-state index contributed by atoms with van der Waals surface area (Å²) < 4.78 is 41.6. The lowest BCUT2D eigenvalue weighted by Crippen LogP contribution is -2.27. The Kier molecular flexibility index (Phi) is 6.35. The Morgan fingerprint density at radius 3 is 2.19 bits per heavy atom. The van der Waals surface area contributed by atoms with Crippen molar-refractivity contribution in [3.63, 3.8) is 0 Å². The molecule has 3 aromatic rings. The Balaban J connectivity index is 1.88. The minimum atomic E-state index is -4.78. The van der Waals surface area contributed by atoms with Crippen molar-refractivity contribution in [1.29, 1.82) is 0 Å². The summed E-state index contributed by atoms with van der Waals surface area (Å²) in [6, 6.07) is 12.2. The molecule has 0 radical (unpaired) electrons. The van der Waals surface area contributed by atoms with Crippen LogP contribution in [0.1, 0.15) is 43.2 Å². The van der Waals surface area contributed by atoms with E-state index in [1.54, 1.807) is 24.3 Å². The molecule has 0 aliphatic heterocycles. The van der Waals surface area contributed by atoms with Gasteiger partial charge in [0.05, 0.1) is 16.8 Å². The van der Waals surface area contributed by atoms with Crippen molar-refractivity contribution in [3.8, 4) is 0 Å². The van der Waals surface area contributed by atoms with E-state index in [4.69, 9.17) is 16.7 Å². The van der Waals surface area contributed by atoms with Crippen LogP contribution < -0.4 is 5.32 Å². The predicted molar refractivity (Wildman–Crippen MR) is 107 cm³/mol. The normalized spacial score (nSPS) is 11.4. The highest BCUT2D eigenvalue weighted by molar-refractivity contribution is 6.30. The largest absolute Gasteiger partial charge is 0.478 e. The van der Waals surface area contributed by atoms with E-state index in [0.29, 0.717) is 20.8 Å². The topological polar surface area (TPSA) is 84.2 Å². The summed E-state index contributed by atoms with van der Waals surface area (Å²) in [5.74, 6) is -2.03. The minimum absolute atomic E-state index is 0.0111. The number of amides is 1. The molecule has 0 atom stereocenters. The van der Waals surface area contributed by atoms with Gasteiger partial charge in [0, 0.05) is 25.0 Å². The third-order valence-electron chi connectivity index (χ3n) is 4.55. The fraction of sp³-hybridized carbons (Fsp3) is 0.190. The lowest BCUT2D eigenvalue weighted by atomic mass is 10.0. The molecule has 1 heterocycles. The van der Waals surface area contributed by atoms with Crippen molar-refractivity contribution in [3.05, 3.63) is 87.2 Å². The molecule has 0 saturated carbocycles. The Labute approximate surface area is 180 Å². The van der Waals surface area contributed by atoms with Crippen molar-refractivity contribution < 1.29 is 27.9 Å². The molecule has 2 aromatic carbocycles. The van der Waals surface area contributed by atoms with Crippen LogP contribution in [-0.2, 0) is 26.2 Å². The first kappa shape index (κ1) is 22.4. The average molecular weight is 452 g/mol. The quantitative estimate of drug-likeness (QED) is 0.585. The standard InChI is InChI=1S/C21H17ClF3N3O3/c1-28-18(21(23,24)25)17(16(27-28)10-12-4-8-15(22)9-5-12)19(29)26-11-13-2-6-14(7-3-13)20(30)31/h2-9H,10-11H2,1H3,(H,26,29)(H,30,31). The lowest BCUT2D eigenvalue weighted by molar-refractivity contribution is -0.144. The first-order valence-electron chi connectivity index (χ1n) is 9.04. The van der Waals surface area contributed by atoms with Gasteiger partial charge in [-0.05, 0) is 35.4 Å². The maximum absolute atomic E-state index is 13.6. The number of carboxylic acids is 1. The zero-order valence-electron chi connectivity index (χ0n) is 16.2. The molecule has 0 fully saturated rings. The molecule has 0 unspecified atom stereocenters. The van der Waals surface area contributed by atoms with Gasteiger partial charge in [-0.3, -0.25) is 9.48 Å². The van der Waals surface area contributed by atoms with Gasteiger partial charge in [-0.15, -0.1) is 0 Å². The smallest absolute Gasteiger partial charge is 0.433 e. The zero-order valence-corrected chi connectivity index (χ0v) is 17.0. The number of rotatable bonds is 6. The number of carbonyl (C=O) groups excluding carboxylic acids is 1. The van der Waals surface area contributed by atoms with Crippen LogP contribution in [0.3, 0.4) is 0 Å². The van der Waals surface area contributed by atoms with Gasteiger partial charge in [-0.1, -0.05) is 35.9 Å². The number of carboxylic acid groups (broad SMARTS) is 1. The van der Waals surface area contributed by atoms with Gasteiger partial charge in [0.15, 0.2) is 5.69 Å². The van der Waals surface area contributed by atoms with Crippen LogP contribution in [0.5, 0.6) is 0 Å². The van der Waals surface area contributed by atoms with E-state index in [1.807, 2.05) is 0 Å². The van der Waals surface area contributed by atoms with Gasteiger partial charge in [-0.25, -0.2) is 4.79 Å². The highest BCUT2D eigenvalue weighted by Gasteiger charge is 2.41. The van der Waals surface area contributed by atoms with Crippen molar-refractivity contribution >= 4 is 23.5 Å². The van der Waals surface area contributed by atoms with E-state index in [2.05, 4.69) is 10.4 Å². The Hall–Kier alpha value is -3.33. The monoisotopic (exact) mass is 451 g/mol. The first-order valence-corrected chi connectivity index (χ1v) is 9.42. The first-order chi connectivity index (χ1) is 14.6. The van der Waals surface area contributed by atoms with Gasteiger partial charge in [0.25, 0.3) is 5.91 Å². The molecular formula is C21H17ClF3N3O3. The van der Waals surface area contributed by atoms with Crippen LogP contribution in [0.25, 0.3) is 0 Å². The van der Waals surface area contributed by atoms with E-state index in [-0.39, 0.29) is 24.2 Å². The molecule has 10 heteroatoms. The average Bonchev–Trinajstić information content (AvgIpc) is 3.04. The number of nitrogens with one attached hydrogen (secondary N) is 1. The second-order valence-electron chi connectivity index (χ2n) is 6.78. The van der Waals surface area contributed by atoms with Crippen molar-refractivity contribution in [2.75, 3.05) is 0 Å². The number of benzene rings is 2. The van der Waals surface area contributed by atoms with Gasteiger partial charge < -0.3 is 10.4 Å². The number of aryl methyl sites for hydroxylation is 1. The summed E-state index contributed by atoms with van der Waals surface area (Å²) >= 11 is 5.85. The third kappa shape index (κ3) is 5.24. The molecule has 6 nitrogen and oxygen atoms in total. The number of aromatic nitrogens is 2. The summed E-state index contributed by atoms with van der Waals surface area (Å²) in [6.07, 6.45) is -4.77. The van der Waals surface area contributed by atoms with E-state index < -0.39 is 29.3 Å². The molecule has 2 N–H and O–H groups in total. The summed E-state index contributed by atoms with van der Waals surface area (Å²) in [5.41, 5.74) is -0.463.